The standard InChI is InChI=1S/C19H31NO5/c1-2-3-4-6-14(21)9-8-13-11-15-16(19(13)24)12-17(15)20-25-10-5-7-18(22)23/h8-9,13-14,16,19-21,24H,2-7,10-12H2,1H3,(H,22,23)/t13?,14?,16-,19?/m1/s1. The summed E-state index contributed by atoms with van der Waals surface area (Å²) in [6, 6.07) is 0. The molecule has 0 bridgehead atoms. The lowest BCUT2D eigenvalue weighted by atomic mass is 9.83. The third-order valence-corrected chi connectivity index (χ3v) is 5.08. The average Bonchev–Trinajstić information content (AvgIpc) is 2.79. The summed E-state index contributed by atoms with van der Waals surface area (Å²) in [5, 5.41) is 28.9. The van der Waals surface area contributed by atoms with Gasteiger partial charge in [-0.1, -0.05) is 38.3 Å². The molecular formula is C19H31NO5. The summed E-state index contributed by atoms with van der Waals surface area (Å²) >= 11 is 0. The van der Waals surface area contributed by atoms with E-state index in [1.807, 2.05) is 12.2 Å². The summed E-state index contributed by atoms with van der Waals surface area (Å²) in [5.74, 6) is -0.594. The van der Waals surface area contributed by atoms with E-state index in [1.54, 1.807) is 0 Å². The number of hydrogen-bond acceptors (Lipinski definition) is 5. The maximum absolute atomic E-state index is 10.4. The number of unbranched alkanes of at least 4 members (excludes halogenated alkanes) is 2. The predicted molar refractivity (Wildman–Crippen MR) is 94.5 cm³/mol. The molecule has 1 fully saturated rings. The average molecular weight is 353 g/mol. The molecule has 6 heteroatoms. The van der Waals surface area contributed by atoms with Crippen molar-refractivity contribution in [2.45, 2.75) is 70.5 Å². The largest absolute Gasteiger partial charge is 0.481 e. The van der Waals surface area contributed by atoms with Crippen molar-refractivity contribution in [1.29, 1.82) is 0 Å². The Balaban J connectivity index is 1.73. The van der Waals surface area contributed by atoms with Crippen molar-refractivity contribution in [3.05, 3.63) is 23.4 Å². The fraction of sp³-hybridized carbons (Fsp3) is 0.737. The van der Waals surface area contributed by atoms with Gasteiger partial charge in [-0.05, 0) is 31.3 Å². The molecule has 0 heterocycles. The molecule has 0 amide bonds. The van der Waals surface area contributed by atoms with Crippen LogP contribution in [0.3, 0.4) is 0 Å². The molecule has 2 aliphatic carbocycles. The van der Waals surface area contributed by atoms with Crippen LogP contribution < -0.4 is 5.48 Å². The number of allylic oxidation sites excluding steroid dienone is 1. The number of carbonyl (C=O) groups is 1. The fourth-order valence-electron chi connectivity index (χ4n) is 3.53. The highest BCUT2D eigenvalue weighted by molar-refractivity contribution is 5.66. The van der Waals surface area contributed by atoms with Gasteiger partial charge in [-0.2, -0.15) is 0 Å². The molecular weight excluding hydrogens is 322 g/mol. The van der Waals surface area contributed by atoms with Crippen molar-refractivity contribution in [2.75, 3.05) is 6.61 Å². The van der Waals surface area contributed by atoms with Crippen LogP contribution in [-0.4, -0.2) is 40.1 Å². The lowest BCUT2D eigenvalue weighted by Gasteiger charge is -2.30. The van der Waals surface area contributed by atoms with E-state index >= 15 is 0 Å². The van der Waals surface area contributed by atoms with Crippen LogP contribution in [0.5, 0.6) is 0 Å². The third-order valence-electron chi connectivity index (χ3n) is 5.08. The Morgan fingerprint density at radius 1 is 1.36 bits per heavy atom. The first-order valence-corrected chi connectivity index (χ1v) is 9.38. The Hall–Kier alpha value is -1.37. The summed E-state index contributed by atoms with van der Waals surface area (Å²) in [6.07, 6.45) is 9.14. The molecule has 0 spiro atoms. The molecule has 0 aromatic carbocycles. The number of aliphatic hydroxyl groups excluding tert-OH is 2. The Kier molecular flexibility index (Phi) is 7.93. The molecule has 4 N–H and O–H groups in total. The van der Waals surface area contributed by atoms with Crippen LogP contribution in [0.25, 0.3) is 0 Å². The molecule has 1 saturated carbocycles. The van der Waals surface area contributed by atoms with Crippen molar-refractivity contribution >= 4 is 5.97 Å². The quantitative estimate of drug-likeness (QED) is 0.244. The maximum atomic E-state index is 10.4. The Labute approximate surface area is 149 Å². The number of rotatable bonds is 12. The number of fused-ring (bicyclic) bond motifs is 1. The highest BCUT2D eigenvalue weighted by atomic mass is 16.6. The molecule has 3 unspecified atom stereocenters. The van der Waals surface area contributed by atoms with E-state index in [0.717, 1.165) is 44.2 Å². The topological polar surface area (TPSA) is 99.0 Å². The molecule has 4 atom stereocenters. The van der Waals surface area contributed by atoms with Gasteiger partial charge in [-0.15, -0.1) is 0 Å². The lowest BCUT2D eigenvalue weighted by molar-refractivity contribution is -0.137. The second kappa shape index (κ2) is 9.94. The fourth-order valence-corrected chi connectivity index (χ4v) is 3.53. The minimum Gasteiger partial charge on any atom is -0.481 e. The molecule has 25 heavy (non-hydrogen) atoms. The Morgan fingerprint density at radius 3 is 2.88 bits per heavy atom. The molecule has 0 saturated heterocycles. The first-order chi connectivity index (χ1) is 12.0. The monoisotopic (exact) mass is 353 g/mol. The molecule has 0 aromatic heterocycles. The van der Waals surface area contributed by atoms with Gasteiger partial charge >= 0.3 is 5.97 Å². The molecule has 0 aliphatic heterocycles. The van der Waals surface area contributed by atoms with Gasteiger partial charge < -0.3 is 15.3 Å². The number of carboxylic acids is 1. The van der Waals surface area contributed by atoms with Crippen molar-refractivity contribution < 1.29 is 25.0 Å². The van der Waals surface area contributed by atoms with Crippen LogP contribution in [0.2, 0.25) is 0 Å². The number of aliphatic carboxylic acids is 1. The number of hydrogen-bond donors (Lipinski definition) is 4. The number of nitrogens with one attached hydrogen (secondary N) is 1. The van der Waals surface area contributed by atoms with E-state index < -0.39 is 18.2 Å². The minimum atomic E-state index is -0.820. The molecule has 0 radical (unpaired) electrons. The minimum absolute atomic E-state index is 0.0483. The summed E-state index contributed by atoms with van der Waals surface area (Å²) in [4.78, 5) is 15.7. The van der Waals surface area contributed by atoms with Gasteiger partial charge in [0.15, 0.2) is 0 Å². The third kappa shape index (κ3) is 5.83. The predicted octanol–water partition coefficient (Wildman–Crippen LogP) is 2.52. The summed E-state index contributed by atoms with van der Waals surface area (Å²) < 4.78 is 0. The van der Waals surface area contributed by atoms with Gasteiger partial charge in [0.25, 0.3) is 0 Å². The zero-order valence-electron chi connectivity index (χ0n) is 15.0. The van der Waals surface area contributed by atoms with Gasteiger partial charge in [0.05, 0.1) is 18.8 Å². The van der Waals surface area contributed by atoms with Crippen LogP contribution in [-0.2, 0) is 9.63 Å². The molecule has 2 aliphatic rings. The zero-order chi connectivity index (χ0) is 18.2. The van der Waals surface area contributed by atoms with Crippen LogP contribution in [0.1, 0.15) is 58.3 Å². The van der Waals surface area contributed by atoms with Gasteiger partial charge in [0.1, 0.15) is 0 Å². The summed E-state index contributed by atoms with van der Waals surface area (Å²) in [7, 11) is 0. The van der Waals surface area contributed by atoms with E-state index in [9.17, 15) is 15.0 Å². The molecule has 6 nitrogen and oxygen atoms in total. The van der Waals surface area contributed by atoms with Crippen LogP contribution in [0.15, 0.2) is 23.4 Å². The van der Waals surface area contributed by atoms with Gasteiger partial charge in [-0.3, -0.25) is 15.1 Å². The SMILES string of the molecule is CCCCCC(O)C=CC1CC2=C(NOCCCC(=O)O)C[C@H]2C1O. The second-order valence-electron chi connectivity index (χ2n) is 7.07. The number of hydroxylamine groups is 1. The lowest BCUT2D eigenvalue weighted by Crippen LogP contribution is -2.32. The molecule has 2 rings (SSSR count). The smallest absolute Gasteiger partial charge is 0.303 e. The van der Waals surface area contributed by atoms with E-state index in [4.69, 9.17) is 9.94 Å². The van der Waals surface area contributed by atoms with Gasteiger partial charge in [0, 0.05) is 24.0 Å². The van der Waals surface area contributed by atoms with E-state index in [-0.39, 0.29) is 18.3 Å². The van der Waals surface area contributed by atoms with Gasteiger partial charge in [0.2, 0.25) is 0 Å². The van der Waals surface area contributed by atoms with Crippen LogP contribution in [0, 0.1) is 11.8 Å². The number of carboxylic acid groups (broad SMARTS) is 1. The van der Waals surface area contributed by atoms with Crippen molar-refractivity contribution in [3.8, 4) is 0 Å². The first kappa shape index (κ1) is 19.9. The first-order valence-electron chi connectivity index (χ1n) is 9.38. The summed E-state index contributed by atoms with van der Waals surface area (Å²) in [5.41, 5.74) is 5.11. The normalized spacial score (nSPS) is 26.6. The zero-order valence-corrected chi connectivity index (χ0v) is 15.0. The highest BCUT2D eigenvalue weighted by Crippen LogP contribution is 2.48. The Morgan fingerprint density at radius 2 is 2.16 bits per heavy atom. The second-order valence-corrected chi connectivity index (χ2v) is 7.07. The van der Waals surface area contributed by atoms with E-state index in [1.165, 1.54) is 5.57 Å². The van der Waals surface area contributed by atoms with Crippen molar-refractivity contribution in [1.82, 2.24) is 5.48 Å². The number of aliphatic hydroxyl groups is 2. The van der Waals surface area contributed by atoms with Crippen LogP contribution >= 0.6 is 0 Å². The molecule has 0 aromatic rings. The maximum Gasteiger partial charge on any atom is 0.303 e. The van der Waals surface area contributed by atoms with E-state index in [0.29, 0.717) is 13.0 Å². The van der Waals surface area contributed by atoms with E-state index in [2.05, 4.69) is 12.4 Å². The van der Waals surface area contributed by atoms with Crippen molar-refractivity contribution in [2.24, 2.45) is 11.8 Å². The van der Waals surface area contributed by atoms with Crippen molar-refractivity contribution in [3.63, 3.8) is 0 Å². The van der Waals surface area contributed by atoms with Gasteiger partial charge in [-0.25, -0.2) is 0 Å². The van der Waals surface area contributed by atoms with Crippen LogP contribution in [0.4, 0.5) is 0 Å². The Bertz CT molecular complexity index is 502. The summed E-state index contributed by atoms with van der Waals surface area (Å²) in [6.45, 7) is 2.49. The highest BCUT2D eigenvalue weighted by Gasteiger charge is 2.45. The molecule has 142 valence electrons.